The average molecular weight is 645 g/mol. The minimum absolute atomic E-state index is 0.0344. The van der Waals surface area contributed by atoms with Crippen molar-refractivity contribution in [3.63, 3.8) is 0 Å². The molecule has 2 aliphatic heterocycles. The number of rotatable bonds is 7. The number of alkyl halides is 1. The molecule has 1 amide bonds. The van der Waals surface area contributed by atoms with Gasteiger partial charge in [-0.2, -0.15) is 0 Å². The highest BCUT2D eigenvalue weighted by molar-refractivity contribution is 7.92. The molecule has 2 aliphatic rings. The SMILES string of the molecule is COc1ncc(-c2ccc3ncnc(N4CCC5(CC4)CN(C(=O)C(C)F)C5)c3c2)cc1NS(=O)(=O)c1c(F)cc(F)cc1F. The Kier molecular flexibility index (Phi) is 7.75. The van der Waals surface area contributed by atoms with Crippen molar-refractivity contribution in [2.45, 2.75) is 30.8 Å². The Bertz CT molecular complexity index is 1890. The fourth-order valence-corrected chi connectivity index (χ4v) is 7.15. The van der Waals surface area contributed by atoms with Gasteiger partial charge in [0.25, 0.3) is 15.9 Å². The summed E-state index contributed by atoms with van der Waals surface area (Å²) in [6.45, 7) is 3.69. The van der Waals surface area contributed by atoms with E-state index >= 15 is 0 Å². The number of hydrogen-bond acceptors (Lipinski definition) is 8. The average Bonchev–Trinajstić information content (AvgIpc) is 2.98. The fraction of sp³-hybridized carbons (Fsp3) is 0.333. The monoisotopic (exact) mass is 644 g/mol. The van der Waals surface area contributed by atoms with Gasteiger partial charge in [-0.05, 0) is 43.5 Å². The molecule has 2 fully saturated rings. The molecule has 10 nitrogen and oxygen atoms in total. The molecule has 0 aliphatic carbocycles. The van der Waals surface area contributed by atoms with E-state index in [-0.39, 0.29) is 29.1 Å². The highest BCUT2D eigenvalue weighted by Crippen LogP contribution is 2.42. The summed E-state index contributed by atoms with van der Waals surface area (Å²) >= 11 is 0. The summed E-state index contributed by atoms with van der Waals surface area (Å²) in [5, 5.41) is 0.732. The van der Waals surface area contributed by atoms with E-state index < -0.39 is 44.4 Å². The number of pyridine rings is 1. The number of piperidine rings is 1. The van der Waals surface area contributed by atoms with Crippen molar-refractivity contribution in [1.82, 2.24) is 19.9 Å². The van der Waals surface area contributed by atoms with Crippen LogP contribution in [0, 0.1) is 22.9 Å². The lowest BCUT2D eigenvalue weighted by Crippen LogP contribution is -2.63. The van der Waals surface area contributed by atoms with E-state index in [2.05, 4.69) is 24.6 Å². The number of carbonyl (C=O) groups is 1. The van der Waals surface area contributed by atoms with Crippen molar-refractivity contribution >= 4 is 38.3 Å². The van der Waals surface area contributed by atoms with Gasteiger partial charge in [0.15, 0.2) is 11.1 Å². The largest absolute Gasteiger partial charge is 0.480 e. The smallest absolute Gasteiger partial charge is 0.267 e. The van der Waals surface area contributed by atoms with Crippen LogP contribution < -0.4 is 14.4 Å². The quantitative estimate of drug-likeness (QED) is 0.288. The summed E-state index contributed by atoms with van der Waals surface area (Å²) in [5.41, 5.74) is 1.51. The molecular weight excluding hydrogens is 616 g/mol. The van der Waals surface area contributed by atoms with Crippen molar-refractivity contribution in [3.05, 3.63) is 66.4 Å². The molecule has 4 aromatic rings. The molecule has 1 atom stereocenters. The van der Waals surface area contributed by atoms with E-state index in [9.17, 15) is 30.8 Å². The Balaban J connectivity index is 1.27. The topological polar surface area (TPSA) is 118 Å². The van der Waals surface area contributed by atoms with Crippen molar-refractivity contribution in [2.75, 3.05) is 42.9 Å². The van der Waals surface area contributed by atoms with Crippen LogP contribution >= 0.6 is 0 Å². The number of nitrogens with one attached hydrogen (secondary N) is 1. The highest BCUT2D eigenvalue weighted by Gasteiger charge is 2.47. The lowest BCUT2D eigenvalue weighted by atomic mass is 9.72. The van der Waals surface area contributed by atoms with Gasteiger partial charge in [-0.1, -0.05) is 6.07 Å². The zero-order chi connectivity index (χ0) is 32.1. The molecule has 6 rings (SSSR count). The third kappa shape index (κ3) is 5.72. The summed E-state index contributed by atoms with van der Waals surface area (Å²) < 4.78 is 88.7. The van der Waals surface area contributed by atoms with E-state index in [4.69, 9.17) is 4.74 Å². The maximum atomic E-state index is 14.3. The van der Waals surface area contributed by atoms with Crippen LogP contribution in [0.25, 0.3) is 22.0 Å². The van der Waals surface area contributed by atoms with Crippen LogP contribution in [-0.2, 0) is 14.8 Å². The molecule has 45 heavy (non-hydrogen) atoms. The Morgan fingerprint density at radius 2 is 1.69 bits per heavy atom. The molecule has 2 aromatic carbocycles. The molecule has 2 saturated heterocycles. The normalized spacial score (nSPS) is 16.8. The Hall–Kier alpha value is -4.53. The third-order valence-electron chi connectivity index (χ3n) is 8.30. The zero-order valence-corrected chi connectivity index (χ0v) is 25.0. The maximum absolute atomic E-state index is 14.3. The maximum Gasteiger partial charge on any atom is 0.267 e. The van der Waals surface area contributed by atoms with Crippen LogP contribution in [0.1, 0.15) is 19.8 Å². The number of benzene rings is 2. The van der Waals surface area contributed by atoms with Crippen molar-refractivity contribution in [1.29, 1.82) is 0 Å². The zero-order valence-electron chi connectivity index (χ0n) is 24.2. The van der Waals surface area contributed by atoms with Crippen LogP contribution in [0.5, 0.6) is 5.88 Å². The van der Waals surface area contributed by atoms with E-state index in [1.807, 2.05) is 6.07 Å². The predicted molar refractivity (Wildman–Crippen MR) is 157 cm³/mol. The van der Waals surface area contributed by atoms with E-state index in [1.54, 1.807) is 17.0 Å². The number of aromatic nitrogens is 3. The molecule has 1 spiro atoms. The molecule has 2 aromatic heterocycles. The first kappa shape index (κ1) is 30.5. The number of carbonyl (C=O) groups excluding carboxylic acids is 1. The second-order valence-corrected chi connectivity index (χ2v) is 12.9. The summed E-state index contributed by atoms with van der Waals surface area (Å²) in [5.74, 6) is -4.38. The van der Waals surface area contributed by atoms with Crippen LogP contribution in [0.4, 0.5) is 29.1 Å². The lowest BCUT2D eigenvalue weighted by Gasteiger charge is -2.54. The first-order chi connectivity index (χ1) is 21.4. The summed E-state index contributed by atoms with van der Waals surface area (Å²) in [6, 6.07) is 7.33. The van der Waals surface area contributed by atoms with Gasteiger partial charge in [0.2, 0.25) is 5.88 Å². The van der Waals surface area contributed by atoms with E-state index in [0.717, 1.165) is 18.2 Å². The van der Waals surface area contributed by atoms with Gasteiger partial charge in [-0.15, -0.1) is 0 Å². The molecule has 1 unspecified atom stereocenters. The fourth-order valence-electron chi connectivity index (χ4n) is 5.98. The van der Waals surface area contributed by atoms with Gasteiger partial charge in [0, 0.05) is 60.9 Å². The Labute approximate surface area is 256 Å². The van der Waals surface area contributed by atoms with E-state index in [0.29, 0.717) is 48.6 Å². The van der Waals surface area contributed by atoms with Crippen molar-refractivity contribution in [3.8, 4) is 17.0 Å². The summed E-state index contributed by atoms with van der Waals surface area (Å²) in [7, 11) is -3.60. The number of amides is 1. The van der Waals surface area contributed by atoms with Gasteiger partial charge in [-0.3, -0.25) is 9.52 Å². The number of hydrogen-bond donors (Lipinski definition) is 1. The van der Waals surface area contributed by atoms with Crippen LogP contribution in [0.3, 0.4) is 0 Å². The van der Waals surface area contributed by atoms with Crippen LogP contribution in [0.2, 0.25) is 0 Å². The molecule has 15 heteroatoms. The third-order valence-corrected chi connectivity index (χ3v) is 9.71. The Morgan fingerprint density at radius 1 is 1.00 bits per heavy atom. The second-order valence-electron chi connectivity index (χ2n) is 11.3. The van der Waals surface area contributed by atoms with Crippen molar-refractivity contribution < 1.29 is 35.5 Å². The molecule has 0 bridgehead atoms. The van der Waals surface area contributed by atoms with Crippen molar-refractivity contribution in [2.24, 2.45) is 5.41 Å². The minimum atomic E-state index is -4.85. The molecule has 0 saturated carbocycles. The number of anilines is 2. The number of nitrogens with zero attached hydrogens (tertiary/aromatic N) is 5. The Morgan fingerprint density at radius 3 is 2.33 bits per heavy atom. The molecular formula is C30H28F4N6O4S. The summed E-state index contributed by atoms with van der Waals surface area (Å²) in [4.78, 5) is 27.5. The minimum Gasteiger partial charge on any atom is -0.480 e. The van der Waals surface area contributed by atoms with Gasteiger partial charge < -0.3 is 14.5 Å². The van der Waals surface area contributed by atoms with Gasteiger partial charge >= 0.3 is 0 Å². The second kappa shape index (κ2) is 11.4. The van der Waals surface area contributed by atoms with Crippen LogP contribution in [-0.4, -0.2) is 73.6 Å². The first-order valence-electron chi connectivity index (χ1n) is 14.0. The summed E-state index contributed by atoms with van der Waals surface area (Å²) in [6.07, 6.45) is 3.03. The van der Waals surface area contributed by atoms with Gasteiger partial charge in [-0.25, -0.2) is 40.9 Å². The van der Waals surface area contributed by atoms with Gasteiger partial charge in [0.05, 0.1) is 12.6 Å². The number of halogens is 4. The van der Waals surface area contributed by atoms with E-state index in [1.165, 1.54) is 32.6 Å². The number of methoxy groups -OCH3 is 1. The lowest BCUT2D eigenvalue weighted by molar-refractivity contribution is -0.149. The number of fused-ring (bicyclic) bond motifs is 1. The number of sulfonamides is 1. The molecule has 1 N–H and O–H groups in total. The molecule has 0 radical (unpaired) electrons. The first-order valence-corrected chi connectivity index (χ1v) is 15.5. The standard InChI is InChI=1S/C30H28F4N6O4S/c1-17(31)29(41)40-14-30(15-40)5-7-39(8-6-30)27-21-9-18(3-4-24(21)36-16-37-27)19-10-25(28(44-2)35-13-19)38-45(42,43)26-22(33)11-20(32)12-23(26)34/h3-4,9-13,16-17,38H,5-8,14-15H2,1-2H3. The number of ether oxygens (including phenoxy) is 1. The van der Waals surface area contributed by atoms with Gasteiger partial charge in [0.1, 0.15) is 35.3 Å². The molecule has 236 valence electrons. The number of likely N-dealkylation sites (tertiary alicyclic amines) is 1. The predicted octanol–water partition coefficient (Wildman–Crippen LogP) is 4.71. The highest BCUT2D eigenvalue weighted by atomic mass is 32.2. The molecule has 4 heterocycles. The van der Waals surface area contributed by atoms with Crippen LogP contribution in [0.15, 0.2) is 53.8 Å².